The SMILES string of the molecule is O=C1[C@H]2[C@@H](Sc3[nH]c(=O)sc3[C@@H]2/C=C\c2ccccc2)C(=O)N1c1ccc(Cl)cc1. The summed E-state index contributed by atoms with van der Waals surface area (Å²) in [4.78, 5) is 43.3. The molecule has 5 rings (SSSR count). The largest absolute Gasteiger partial charge is 0.307 e. The zero-order valence-corrected chi connectivity index (χ0v) is 17.8. The Hall–Kier alpha value is -2.61. The molecule has 1 saturated heterocycles. The molecule has 0 aliphatic carbocycles. The lowest BCUT2D eigenvalue weighted by atomic mass is 9.88. The predicted molar refractivity (Wildman–Crippen MR) is 120 cm³/mol. The number of halogens is 1. The van der Waals surface area contributed by atoms with Crippen molar-refractivity contribution in [2.24, 2.45) is 5.92 Å². The van der Waals surface area contributed by atoms with E-state index >= 15 is 0 Å². The van der Waals surface area contributed by atoms with Crippen molar-refractivity contribution < 1.29 is 9.59 Å². The van der Waals surface area contributed by atoms with Crippen molar-refractivity contribution in [3.05, 3.63) is 85.8 Å². The van der Waals surface area contributed by atoms with Crippen LogP contribution in [0.2, 0.25) is 5.02 Å². The molecule has 3 aromatic rings. The maximum absolute atomic E-state index is 13.4. The minimum absolute atomic E-state index is 0.181. The molecule has 0 spiro atoms. The van der Waals surface area contributed by atoms with Crippen LogP contribution in [0.4, 0.5) is 5.69 Å². The molecular formula is C22H15ClN2O3S2. The molecule has 2 amide bonds. The van der Waals surface area contributed by atoms with E-state index in [4.69, 9.17) is 11.6 Å². The maximum Gasteiger partial charge on any atom is 0.305 e. The zero-order valence-electron chi connectivity index (χ0n) is 15.4. The summed E-state index contributed by atoms with van der Waals surface area (Å²) in [6.45, 7) is 0. The first-order valence-electron chi connectivity index (χ1n) is 9.29. The van der Waals surface area contributed by atoms with Crippen LogP contribution in [-0.4, -0.2) is 22.0 Å². The van der Waals surface area contributed by atoms with Crippen molar-refractivity contribution in [3.63, 3.8) is 0 Å². The molecule has 3 heterocycles. The number of thioether (sulfide) groups is 1. The number of aromatic nitrogens is 1. The Morgan fingerprint density at radius 1 is 0.967 bits per heavy atom. The molecule has 0 radical (unpaired) electrons. The number of hydrogen-bond acceptors (Lipinski definition) is 5. The van der Waals surface area contributed by atoms with Gasteiger partial charge in [-0.25, -0.2) is 4.90 Å². The molecule has 1 aromatic heterocycles. The summed E-state index contributed by atoms with van der Waals surface area (Å²) < 4.78 is 0. The monoisotopic (exact) mass is 454 g/mol. The lowest BCUT2D eigenvalue weighted by molar-refractivity contribution is -0.122. The van der Waals surface area contributed by atoms with Gasteiger partial charge in [-0.15, -0.1) is 0 Å². The first-order valence-corrected chi connectivity index (χ1v) is 11.4. The summed E-state index contributed by atoms with van der Waals surface area (Å²) in [7, 11) is 0. The molecule has 1 fully saturated rings. The fourth-order valence-electron chi connectivity index (χ4n) is 3.89. The number of imide groups is 1. The Morgan fingerprint density at radius 3 is 2.43 bits per heavy atom. The number of benzene rings is 2. The molecule has 1 N–H and O–H groups in total. The van der Waals surface area contributed by atoms with E-state index in [1.165, 1.54) is 16.7 Å². The molecule has 0 unspecified atom stereocenters. The highest BCUT2D eigenvalue weighted by atomic mass is 35.5. The highest BCUT2D eigenvalue weighted by Gasteiger charge is 2.55. The van der Waals surface area contributed by atoms with E-state index in [2.05, 4.69) is 4.98 Å². The quantitative estimate of drug-likeness (QED) is 0.589. The number of fused-ring (bicyclic) bond motifs is 2. The standard InChI is InChI=1S/C22H15ClN2O3S2/c23-13-7-9-14(10-8-13)25-20(26)16-15(11-6-12-4-2-1-3-5-12)17-19(24-22(28)30-17)29-18(16)21(25)27/h1-11,15-16,18H,(H,24,28)/b11-6-/t15-,16-,18-/m1/s1. The van der Waals surface area contributed by atoms with Crippen molar-refractivity contribution in [2.75, 3.05) is 4.90 Å². The first kappa shape index (κ1) is 19.4. The van der Waals surface area contributed by atoms with Crippen LogP contribution in [0.5, 0.6) is 0 Å². The van der Waals surface area contributed by atoms with Gasteiger partial charge in [-0.05, 0) is 29.8 Å². The Balaban J connectivity index is 1.57. The minimum Gasteiger partial charge on any atom is -0.307 e. The van der Waals surface area contributed by atoms with E-state index in [1.54, 1.807) is 24.3 Å². The Morgan fingerprint density at radius 2 is 1.70 bits per heavy atom. The highest BCUT2D eigenvalue weighted by molar-refractivity contribution is 8.00. The molecule has 30 heavy (non-hydrogen) atoms. The van der Waals surface area contributed by atoms with E-state index in [-0.39, 0.29) is 22.6 Å². The molecule has 3 atom stereocenters. The van der Waals surface area contributed by atoms with Crippen LogP contribution in [0.25, 0.3) is 6.08 Å². The topological polar surface area (TPSA) is 70.2 Å². The van der Waals surface area contributed by atoms with E-state index in [1.807, 2.05) is 42.5 Å². The second-order valence-electron chi connectivity index (χ2n) is 7.06. The third kappa shape index (κ3) is 3.23. The first-order chi connectivity index (χ1) is 14.5. The number of nitrogens with zero attached hydrogens (tertiary/aromatic N) is 1. The van der Waals surface area contributed by atoms with Crippen molar-refractivity contribution in [3.8, 4) is 0 Å². The Kier molecular flexibility index (Phi) is 4.89. The van der Waals surface area contributed by atoms with Crippen LogP contribution < -0.4 is 9.77 Å². The number of carbonyl (C=O) groups excluding carboxylic acids is 2. The van der Waals surface area contributed by atoms with Crippen LogP contribution in [0.15, 0.2) is 70.5 Å². The van der Waals surface area contributed by atoms with Gasteiger partial charge >= 0.3 is 4.87 Å². The number of aromatic amines is 1. The number of amides is 2. The number of H-pyrrole nitrogens is 1. The molecule has 150 valence electrons. The Bertz CT molecular complexity index is 1220. The number of rotatable bonds is 3. The number of nitrogens with one attached hydrogen (secondary N) is 1. The minimum atomic E-state index is -0.587. The van der Waals surface area contributed by atoms with E-state index in [9.17, 15) is 14.4 Å². The fraction of sp³-hybridized carbons (Fsp3) is 0.136. The Labute approximate surface area is 185 Å². The summed E-state index contributed by atoms with van der Waals surface area (Å²) in [6.07, 6.45) is 3.88. The van der Waals surface area contributed by atoms with Crippen LogP contribution in [0.1, 0.15) is 16.4 Å². The van der Waals surface area contributed by atoms with Crippen LogP contribution in [0, 0.1) is 5.92 Å². The van der Waals surface area contributed by atoms with Crippen molar-refractivity contribution in [1.29, 1.82) is 0 Å². The molecule has 0 bridgehead atoms. The van der Waals surface area contributed by atoms with Crippen molar-refractivity contribution in [2.45, 2.75) is 16.2 Å². The fourth-order valence-corrected chi connectivity index (χ4v) is 6.50. The highest BCUT2D eigenvalue weighted by Crippen LogP contribution is 2.51. The second kappa shape index (κ2) is 7.58. The number of thiazole rings is 1. The summed E-state index contributed by atoms with van der Waals surface area (Å²) >= 11 is 8.33. The van der Waals surface area contributed by atoms with Gasteiger partial charge in [0.1, 0.15) is 5.25 Å². The van der Waals surface area contributed by atoms with E-state index in [0.29, 0.717) is 15.7 Å². The normalized spacial score (nSPS) is 23.1. The van der Waals surface area contributed by atoms with Crippen LogP contribution in [-0.2, 0) is 9.59 Å². The number of anilines is 1. The third-order valence-corrected chi connectivity index (χ3v) is 7.92. The van der Waals surface area contributed by atoms with E-state index in [0.717, 1.165) is 21.8 Å². The molecule has 5 nitrogen and oxygen atoms in total. The summed E-state index contributed by atoms with van der Waals surface area (Å²) in [6, 6.07) is 16.4. The molecular weight excluding hydrogens is 440 g/mol. The number of allylic oxidation sites excluding steroid dienone is 1. The smallest absolute Gasteiger partial charge is 0.305 e. The summed E-state index contributed by atoms with van der Waals surface area (Å²) in [5, 5.41) is 0.623. The third-order valence-electron chi connectivity index (χ3n) is 5.25. The molecule has 0 saturated carbocycles. The van der Waals surface area contributed by atoms with Gasteiger partial charge in [0.15, 0.2) is 0 Å². The summed E-state index contributed by atoms with van der Waals surface area (Å²) in [5.41, 5.74) is 1.50. The van der Waals surface area contributed by atoms with E-state index < -0.39 is 11.2 Å². The van der Waals surface area contributed by atoms with Crippen molar-refractivity contribution >= 4 is 58.3 Å². The van der Waals surface area contributed by atoms with Gasteiger partial charge in [0.2, 0.25) is 11.8 Å². The average Bonchev–Trinajstić information content (AvgIpc) is 3.24. The maximum atomic E-state index is 13.4. The van der Waals surface area contributed by atoms with Gasteiger partial charge in [-0.2, -0.15) is 0 Å². The molecule has 2 aromatic carbocycles. The molecule has 8 heteroatoms. The lowest BCUT2D eigenvalue weighted by Crippen LogP contribution is -2.31. The lowest BCUT2D eigenvalue weighted by Gasteiger charge is -2.27. The number of carbonyl (C=O) groups is 2. The second-order valence-corrected chi connectivity index (χ2v) is 9.66. The van der Waals surface area contributed by atoms with Crippen LogP contribution >= 0.6 is 34.7 Å². The van der Waals surface area contributed by atoms with Gasteiger partial charge in [0.05, 0.1) is 16.6 Å². The predicted octanol–water partition coefficient (Wildman–Crippen LogP) is 4.55. The summed E-state index contributed by atoms with van der Waals surface area (Å²) in [5.74, 6) is -1.46. The average molecular weight is 455 g/mol. The van der Waals surface area contributed by atoms with Crippen molar-refractivity contribution in [1.82, 2.24) is 4.98 Å². The molecule has 2 aliphatic heterocycles. The van der Waals surface area contributed by atoms with Crippen LogP contribution in [0.3, 0.4) is 0 Å². The van der Waals surface area contributed by atoms with Gasteiger partial charge < -0.3 is 4.98 Å². The number of hydrogen-bond donors (Lipinski definition) is 1. The van der Waals surface area contributed by atoms with Gasteiger partial charge in [0.25, 0.3) is 0 Å². The molecule has 2 aliphatic rings. The van der Waals surface area contributed by atoms with Gasteiger partial charge in [-0.1, -0.05) is 77.2 Å². The van der Waals surface area contributed by atoms with Gasteiger partial charge in [0, 0.05) is 15.8 Å². The zero-order chi connectivity index (χ0) is 20.8. The van der Waals surface area contributed by atoms with Gasteiger partial charge in [-0.3, -0.25) is 14.4 Å².